The van der Waals surface area contributed by atoms with Gasteiger partial charge in [-0.2, -0.15) is 0 Å². The lowest BCUT2D eigenvalue weighted by molar-refractivity contribution is 0.577. The van der Waals surface area contributed by atoms with Crippen molar-refractivity contribution in [3.63, 3.8) is 0 Å². The predicted octanol–water partition coefficient (Wildman–Crippen LogP) is 6.19. The molecule has 0 spiro atoms. The van der Waals surface area contributed by atoms with E-state index in [0.717, 1.165) is 12.6 Å². The third kappa shape index (κ3) is 13.7. The zero-order chi connectivity index (χ0) is 10.9. The summed E-state index contributed by atoms with van der Waals surface area (Å²) in [5.74, 6) is 0. The molecule has 0 aromatic carbocycles. The molecule has 0 amide bonds. The molecule has 4 heteroatoms. The van der Waals surface area contributed by atoms with Crippen molar-refractivity contribution >= 4 is 46.5 Å². The van der Waals surface area contributed by atoms with Crippen molar-refractivity contribution in [2.75, 3.05) is 6.16 Å². The van der Waals surface area contributed by atoms with Gasteiger partial charge in [-0.25, -0.2) is 0 Å². The summed E-state index contributed by atoms with van der Waals surface area (Å²) in [4.78, 5) is 0. The second-order valence-electron chi connectivity index (χ2n) is 3.77. The molecule has 0 N–H and O–H groups in total. The molecule has 0 rings (SSSR count). The lowest BCUT2D eigenvalue weighted by Gasteiger charge is -2.03. The van der Waals surface area contributed by atoms with Gasteiger partial charge in [0.05, 0.1) is 0 Å². The van der Waals surface area contributed by atoms with Crippen LogP contribution in [0, 0.1) is 0 Å². The fourth-order valence-corrected chi connectivity index (χ4v) is 4.07. The molecule has 1 nitrogen and oxygen atoms in total. The Hall–Kier alpha value is 1.69. The van der Waals surface area contributed by atoms with E-state index in [1.807, 2.05) is 0 Å². The zero-order valence-electron chi connectivity index (χ0n) is 8.98. The molecule has 0 bridgehead atoms. The van der Waals surface area contributed by atoms with Crippen LogP contribution in [0.25, 0.3) is 0 Å². The van der Waals surface area contributed by atoms with Gasteiger partial charge in [0.25, 0.3) is 0 Å². The molecule has 0 heterocycles. The van der Waals surface area contributed by atoms with Crippen molar-refractivity contribution in [2.24, 2.45) is 0 Å². The first-order valence-electron chi connectivity index (χ1n) is 5.54. The van der Waals surface area contributed by atoms with E-state index >= 15 is 0 Å². The summed E-state index contributed by atoms with van der Waals surface area (Å²) < 4.78 is 9.57. The van der Waals surface area contributed by atoms with E-state index in [0.29, 0.717) is 0 Å². The van der Waals surface area contributed by atoms with E-state index in [2.05, 4.69) is 51.0 Å². The minimum atomic E-state index is -1.79. The summed E-state index contributed by atoms with van der Waals surface area (Å²) in [6, 6.07) is 0. The Morgan fingerprint density at radius 1 is 0.857 bits per heavy atom. The molecule has 0 aromatic rings. The predicted molar refractivity (Wildman–Crippen MR) is 83.1 cm³/mol. The largest absolute Gasteiger partial charge is 0.302 e. The summed E-state index contributed by atoms with van der Waals surface area (Å²) in [7, 11) is 0. The number of hydrogen-bond acceptors (Lipinski definition) is 1. The van der Waals surface area contributed by atoms with E-state index in [1.54, 1.807) is 0 Å². The maximum Gasteiger partial charge on any atom is 0.198 e. The fourth-order valence-electron chi connectivity index (χ4n) is 1.43. The summed E-state index contributed by atoms with van der Waals surface area (Å²) in [6.07, 6.45) is 11.5. The molecule has 0 atom stereocenters. The van der Waals surface area contributed by atoms with Crippen LogP contribution in [0.1, 0.15) is 58.3 Å². The van der Waals surface area contributed by atoms with Crippen LogP contribution in [-0.4, -0.2) is 6.16 Å². The number of halogens is 2. The first-order valence-corrected chi connectivity index (χ1v) is 13.0. The molecule has 0 radical (unpaired) electrons. The quantitative estimate of drug-likeness (QED) is 0.237. The minimum Gasteiger partial charge on any atom is -0.302 e. The van der Waals surface area contributed by atoms with Crippen LogP contribution in [0.15, 0.2) is 0 Å². The number of hydrogen-bond donors (Lipinski definition) is 0. The monoisotopic (exact) mass is 442 g/mol. The zero-order valence-corrected chi connectivity index (χ0v) is 14.2. The summed E-state index contributed by atoms with van der Waals surface area (Å²) in [6.45, 7) is 2.25. The molecule has 0 fully saturated rings. The van der Waals surface area contributed by atoms with Crippen LogP contribution in [-0.2, 0) is 4.57 Å². The van der Waals surface area contributed by atoms with Crippen LogP contribution in [0.4, 0.5) is 0 Å². The summed E-state index contributed by atoms with van der Waals surface area (Å²) in [5, 5.41) is 0. The highest BCUT2D eigenvalue weighted by atomic mass is 127. The molecule has 0 saturated carbocycles. The lowest BCUT2D eigenvalue weighted by Crippen LogP contribution is -1.82. The van der Waals surface area contributed by atoms with Gasteiger partial charge in [-0.3, -0.25) is 0 Å². The smallest absolute Gasteiger partial charge is 0.198 e. The Kier molecular flexibility index (Phi) is 11.1. The van der Waals surface area contributed by atoms with Crippen molar-refractivity contribution < 1.29 is 4.57 Å². The van der Waals surface area contributed by atoms with Crippen LogP contribution >= 0.6 is 46.5 Å². The maximum absolute atomic E-state index is 11.4. The molecular formula is C10H21I2OP. The topological polar surface area (TPSA) is 17.1 Å². The normalized spacial score (nSPS) is 11.9. The Labute approximate surface area is 115 Å². The van der Waals surface area contributed by atoms with Crippen LogP contribution in [0.5, 0.6) is 0 Å². The first-order chi connectivity index (χ1) is 6.56. The standard InChI is InChI=1S/C10H21I2OP/c1-2-3-4-5-6-7-8-9-10-14(11,12)13/h2-10H2,1H3. The van der Waals surface area contributed by atoms with Gasteiger partial charge >= 0.3 is 0 Å². The Bertz CT molecular complexity index is 168. The van der Waals surface area contributed by atoms with Gasteiger partial charge in [-0.05, 0) is 6.42 Å². The van der Waals surface area contributed by atoms with Gasteiger partial charge in [0.15, 0.2) is 2.43 Å². The summed E-state index contributed by atoms with van der Waals surface area (Å²) in [5.41, 5.74) is 0. The van der Waals surface area contributed by atoms with Crippen LogP contribution in [0.2, 0.25) is 0 Å². The van der Waals surface area contributed by atoms with Gasteiger partial charge in [-0.15, -0.1) is 0 Å². The molecule has 0 aromatic heterocycles. The molecule has 0 unspecified atom stereocenters. The molecule has 0 aliphatic heterocycles. The average Bonchev–Trinajstić information content (AvgIpc) is 2.08. The Morgan fingerprint density at radius 3 is 1.71 bits per heavy atom. The molecule has 0 saturated heterocycles. The second-order valence-corrected chi connectivity index (χ2v) is 20.2. The fraction of sp³-hybridized carbons (Fsp3) is 1.00. The molecule has 86 valence electrons. The van der Waals surface area contributed by atoms with Gasteiger partial charge in [0, 0.05) is 50.2 Å². The number of unbranched alkanes of at least 4 members (excludes halogenated alkanes) is 7. The highest BCUT2D eigenvalue weighted by Crippen LogP contribution is 2.63. The van der Waals surface area contributed by atoms with Crippen LogP contribution in [0.3, 0.4) is 0 Å². The van der Waals surface area contributed by atoms with Crippen molar-refractivity contribution in [1.82, 2.24) is 0 Å². The average molecular weight is 442 g/mol. The van der Waals surface area contributed by atoms with Crippen molar-refractivity contribution in [1.29, 1.82) is 0 Å². The third-order valence-electron chi connectivity index (χ3n) is 2.27. The molecular weight excluding hydrogens is 421 g/mol. The van der Waals surface area contributed by atoms with E-state index in [9.17, 15) is 4.57 Å². The van der Waals surface area contributed by atoms with Gasteiger partial charge in [-0.1, -0.05) is 51.9 Å². The Morgan fingerprint density at radius 2 is 1.29 bits per heavy atom. The van der Waals surface area contributed by atoms with Crippen molar-refractivity contribution in [3.05, 3.63) is 0 Å². The van der Waals surface area contributed by atoms with E-state index in [4.69, 9.17) is 0 Å². The SMILES string of the molecule is CCCCCCCCCCP(=O)(I)I. The second kappa shape index (κ2) is 9.88. The van der Waals surface area contributed by atoms with E-state index in [-0.39, 0.29) is 0 Å². The first kappa shape index (κ1) is 15.7. The summed E-state index contributed by atoms with van der Waals surface area (Å²) >= 11 is 4.20. The van der Waals surface area contributed by atoms with Crippen molar-refractivity contribution in [3.8, 4) is 0 Å². The minimum absolute atomic E-state index is 0.920. The lowest BCUT2D eigenvalue weighted by atomic mass is 10.1. The highest BCUT2D eigenvalue weighted by molar-refractivity contribution is 14.3. The molecule has 0 aliphatic rings. The van der Waals surface area contributed by atoms with E-state index in [1.165, 1.54) is 44.9 Å². The highest BCUT2D eigenvalue weighted by Gasteiger charge is 2.09. The Balaban J connectivity index is 3.03. The third-order valence-corrected chi connectivity index (χ3v) is 6.00. The van der Waals surface area contributed by atoms with E-state index < -0.39 is 2.43 Å². The van der Waals surface area contributed by atoms with Gasteiger partial charge in [0.1, 0.15) is 0 Å². The molecule has 14 heavy (non-hydrogen) atoms. The molecule has 0 aliphatic carbocycles. The van der Waals surface area contributed by atoms with Crippen LogP contribution < -0.4 is 0 Å². The van der Waals surface area contributed by atoms with Gasteiger partial charge in [0.2, 0.25) is 0 Å². The van der Waals surface area contributed by atoms with Gasteiger partial charge < -0.3 is 4.57 Å². The van der Waals surface area contributed by atoms with Crippen molar-refractivity contribution in [2.45, 2.75) is 58.3 Å². The number of rotatable bonds is 9. The maximum atomic E-state index is 11.4.